The molecule has 1 atom stereocenters. The number of carboxylic acids is 1. The molecule has 0 aliphatic rings. The molecule has 30 heavy (non-hydrogen) atoms. The van der Waals surface area contributed by atoms with Crippen LogP contribution in [0.25, 0.3) is 21.9 Å². The van der Waals surface area contributed by atoms with Gasteiger partial charge in [0.05, 0.1) is 16.7 Å². The number of pyridine rings is 1. The number of carboxylic acid groups (broad SMARTS) is 1. The van der Waals surface area contributed by atoms with Crippen molar-refractivity contribution < 1.29 is 19.0 Å². The van der Waals surface area contributed by atoms with Gasteiger partial charge in [0, 0.05) is 12.6 Å². The number of aliphatic carboxylic acids is 1. The summed E-state index contributed by atoms with van der Waals surface area (Å²) in [7, 11) is 1.49. The summed E-state index contributed by atoms with van der Waals surface area (Å²) in [5, 5.41) is 10.7. The minimum Gasteiger partial charge on any atom is -0.479 e. The SMILES string of the molecule is Cc1ccc(-c2c(C(OC(C)(C)C)C(=O)O)n(C)c(=O)c3cc(F)ccc23)cc1C. The maximum Gasteiger partial charge on any atom is 0.339 e. The van der Waals surface area contributed by atoms with Gasteiger partial charge in [-0.15, -0.1) is 0 Å². The summed E-state index contributed by atoms with van der Waals surface area (Å²) in [6.45, 7) is 9.22. The number of rotatable bonds is 4. The van der Waals surface area contributed by atoms with Crippen LogP contribution in [0.5, 0.6) is 0 Å². The van der Waals surface area contributed by atoms with Crippen molar-refractivity contribution in [2.75, 3.05) is 0 Å². The third-order valence-corrected chi connectivity index (χ3v) is 5.14. The van der Waals surface area contributed by atoms with Gasteiger partial charge >= 0.3 is 5.97 Å². The van der Waals surface area contributed by atoms with Crippen molar-refractivity contribution in [1.82, 2.24) is 4.57 Å². The predicted molar refractivity (Wildman–Crippen MR) is 115 cm³/mol. The monoisotopic (exact) mass is 411 g/mol. The first kappa shape index (κ1) is 21.7. The van der Waals surface area contributed by atoms with Crippen LogP contribution in [0.1, 0.15) is 43.7 Å². The van der Waals surface area contributed by atoms with Crippen LogP contribution >= 0.6 is 0 Å². The van der Waals surface area contributed by atoms with Gasteiger partial charge in [0.15, 0.2) is 6.10 Å². The van der Waals surface area contributed by atoms with Crippen molar-refractivity contribution in [3.05, 3.63) is 69.4 Å². The molecule has 1 heterocycles. The standard InChI is InChI=1S/C24H26FNO4/c1-13-7-8-15(11-14(13)2)19-17-10-9-16(25)12-18(17)22(27)26(6)20(19)21(23(28)29)30-24(3,4)5/h7-12,21H,1-6H3,(H,28,29). The van der Waals surface area contributed by atoms with E-state index in [4.69, 9.17) is 4.74 Å². The molecule has 3 rings (SSSR count). The number of hydrogen-bond donors (Lipinski definition) is 1. The Bertz CT molecular complexity index is 1200. The van der Waals surface area contributed by atoms with Crippen molar-refractivity contribution in [2.45, 2.75) is 46.3 Å². The van der Waals surface area contributed by atoms with E-state index in [1.54, 1.807) is 20.8 Å². The number of aromatic nitrogens is 1. The summed E-state index contributed by atoms with van der Waals surface area (Å²) in [5.41, 5.74) is 2.38. The molecule has 0 spiro atoms. The van der Waals surface area contributed by atoms with Crippen LogP contribution in [0.2, 0.25) is 0 Å². The van der Waals surface area contributed by atoms with Gasteiger partial charge in [0.25, 0.3) is 5.56 Å². The molecule has 6 heteroatoms. The zero-order valence-corrected chi connectivity index (χ0v) is 18.0. The van der Waals surface area contributed by atoms with E-state index < -0.39 is 29.1 Å². The summed E-state index contributed by atoms with van der Waals surface area (Å²) in [4.78, 5) is 25.3. The highest BCUT2D eigenvalue weighted by molar-refractivity contribution is 5.99. The second-order valence-corrected chi connectivity index (χ2v) is 8.56. The van der Waals surface area contributed by atoms with Crippen LogP contribution < -0.4 is 5.56 Å². The Balaban J connectivity index is 2.50. The molecular formula is C24H26FNO4. The number of carbonyl (C=O) groups is 1. The lowest BCUT2D eigenvalue weighted by atomic mass is 9.92. The highest BCUT2D eigenvalue weighted by Gasteiger charge is 2.33. The molecule has 0 aliphatic carbocycles. The fraction of sp³-hybridized carbons (Fsp3) is 0.333. The van der Waals surface area contributed by atoms with E-state index in [2.05, 4.69) is 0 Å². The molecule has 0 saturated carbocycles. The summed E-state index contributed by atoms with van der Waals surface area (Å²) in [5.74, 6) is -1.73. The molecule has 0 amide bonds. The predicted octanol–water partition coefficient (Wildman–Crippen LogP) is 4.90. The second-order valence-electron chi connectivity index (χ2n) is 8.56. The van der Waals surface area contributed by atoms with Gasteiger partial charge < -0.3 is 14.4 Å². The molecule has 5 nitrogen and oxygen atoms in total. The minimum atomic E-state index is -1.38. The number of nitrogens with zero attached hydrogens (tertiary/aromatic N) is 1. The Hall–Kier alpha value is -2.99. The lowest BCUT2D eigenvalue weighted by Gasteiger charge is -2.28. The van der Waals surface area contributed by atoms with Crippen LogP contribution in [0, 0.1) is 19.7 Å². The van der Waals surface area contributed by atoms with E-state index in [1.165, 1.54) is 29.8 Å². The molecule has 0 aliphatic heterocycles. The van der Waals surface area contributed by atoms with Crippen LogP contribution in [-0.4, -0.2) is 21.2 Å². The Morgan fingerprint density at radius 1 is 1.07 bits per heavy atom. The number of hydrogen-bond acceptors (Lipinski definition) is 3. The second kappa shape index (κ2) is 7.69. The molecule has 2 aromatic carbocycles. The lowest BCUT2D eigenvalue weighted by Crippen LogP contribution is -2.33. The average molecular weight is 411 g/mol. The maximum absolute atomic E-state index is 13.9. The Labute approximate surface area is 174 Å². The molecule has 0 fully saturated rings. The van der Waals surface area contributed by atoms with Crippen molar-refractivity contribution in [3.63, 3.8) is 0 Å². The van der Waals surface area contributed by atoms with Gasteiger partial charge in [-0.2, -0.15) is 0 Å². The summed E-state index contributed by atoms with van der Waals surface area (Å²) >= 11 is 0. The number of halogens is 1. The highest BCUT2D eigenvalue weighted by Crippen LogP contribution is 2.37. The Morgan fingerprint density at radius 2 is 1.73 bits per heavy atom. The molecule has 0 bridgehead atoms. The van der Waals surface area contributed by atoms with E-state index in [1.807, 2.05) is 32.0 Å². The molecule has 3 aromatic rings. The third kappa shape index (κ3) is 4.00. The summed E-state index contributed by atoms with van der Waals surface area (Å²) in [6, 6.07) is 9.75. The topological polar surface area (TPSA) is 68.5 Å². The zero-order valence-electron chi connectivity index (χ0n) is 18.0. The lowest BCUT2D eigenvalue weighted by molar-refractivity contribution is -0.161. The highest BCUT2D eigenvalue weighted by atomic mass is 19.1. The first-order chi connectivity index (χ1) is 13.9. The number of benzene rings is 2. The summed E-state index contributed by atoms with van der Waals surface area (Å²) in [6.07, 6.45) is -1.38. The molecule has 0 saturated heterocycles. The van der Waals surface area contributed by atoms with Gasteiger partial charge in [0.2, 0.25) is 0 Å². The van der Waals surface area contributed by atoms with Gasteiger partial charge in [-0.1, -0.05) is 24.3 Å². The summed E-state index contributed by atoms with van der Waals surface area (Å²) < 4.78 is 21.1. The van der Waals surface area contributed by atoms with Crippen molar-refractivity contribution in [2.24, 2.45) is 7.05 Å². The molecule has 1 N–H and O–H groups in total. The largest absolute Gasteiger partial charge is 0.479 e. The first-order valence-electron chi connectivity index (χ1n) is 9.71. The Kier molecular flexibility index (Phi) is 5.56. The van der Waals surface area contributed by atoms with Gasteiger partial charge in [-0.25, -0.2) is 9.18 Å². The zero-order chi connectivity index (χ0) is 22.4. The van der Waals surface area contributed by atoms with Gasteiger partial charge in [-0.3, -0.25) is 4.79 Å². The quantitative estimate of drug-likeness (QED) is 0.663. The maximum atomic E-state index is 13.9. The van der Waals surface area contributed by atoms with E-state index >= 15 is 0 Å². The van der Waals surface area contributed by atoms with Crippen molar-refractivity contribution >= 4 is 16.7 Å². The number of fused-ring (bicyclic) bond motifs is 1. The van der Waals surface area contributed by atoms with Gasteiger partial charge in [0.1, 0.15) is 5.82 Å². The van der Waals surface area contributed by atoms with Crippen molar-refractivity contribution in [3.8, 4) is 11.1 Å². The number of ether oxygens (including phenoxy) is 1. The third-order valence-electron chi connectivity index (χ3n) is 5.14. The molecular weight excluding hydrogens is 385 g/mol. The van der Waals surface area contributed by atoms with E-state index in [-0.39, 0.29) is 11.1 Å². The first-order valence-corrected chi connectivity index (χ1v) is 9.71. The van der Waals surface area contributed by atoms with E-state index in [9.17, 15) is 19.1 Å². The van der Waals surface area contributed by atoms with Crippen LogP contribution in [0.4, 0.5) is 4.39 Å². The Morgan fingerprint density at radius 3 is 2.30 bits per heavy atom. The van der Waals surface area contributed by atoms with Crippen LogP contribution in [0.15, 0.2) is 41.2 Å². The van der Waals surface area contributed by atoms with Gasteiger partial charge in [-0.05, 0) is 68.8 Å². The van der Waals surface area contributed by atoms with E-state index in [0.29, 0.717) is 10.9 Å². The van der Waals surface area contributed by atoms with Crippen molar-refractivity contribution in [1.29, 1.82) is 0 Å². The fourth-order valence-corrected chi connectivity index (χ4v) is 3.59. The van der Waals surface area contributed by atoms with E-state index in [0.717, 1.165) is 16.7 Å². The normalized spacial score (nSPS) is 12.9. The average Bonchev–Trinajstić information content (AvgIpc) is 2.64. The van der Waals surface area contributed by atoms with Crippen LogP contribution in [-0.2, 0) is 16.6 Å². The van der Waals surface area contributed by atoms with Crippen LogP contribution in [0.3, 0.4) is 0 Å². The molecule has 0 radical (unpaired) electrons. The fourth-order valence-electron chi connectivity index (χ4n) is 3.59. The minimum absolute atomic E-state index is 0.189. The smallest absolute Gasteiger partial charge is 0.339 e. The molecule has 1 aromatic heterocycles. The number of aryl methyl sites for hydroxylation is 2. The molecule has 158 valence electrons. The molecule has 1 unspecified atom stereocenters.